The highest BCUT2D eigenvalue weighted by atomic mass is 127. The second-order valence-corrected chi connectivity index (χ2v) is 5.14. The average Bonchev–Trinajstić information content (AvgIpc) is 2.40. The maximum absolute atomic E-state index is 13.5. The summed E-state index contributed by atoms with van der Waals surface area (Å²) in [5.41, 5.74) is -1.01. The zero-order valence-electron chi connectivity index (χ0n) is 10.2. The molecule has 6 nitrogen and oxygen atoms in total. The Morgan fingerprint density at radius 1 is 1.29 bits per heavy atom. The van der Waals surface area contributed by atoms with Crippen LogP contribution in [0.15, 0.2) is 36.4 Å². The molecule has 0 saturated carbocycles. The Morgan fingerprint density at radius 2 is 2.00 bits per heavy atom. The molecule has 108 valence electrons. The maximum atomic E-state index is 13.5. The minimum atomic E-state index is -1.25. The first kappa shape index (κ1) is 15.2. The molecule has 0 aliphatic carbocycles. The van der Waals surface area contributed by atoms with Gasteiger partial charge >= 0.3 is 11.7 Å². The van der Waals surface area contributed by atoms with Crippen molar-refractivity contribution in [3.63, 3.8) is 0 Å². The number of ether oxygens (including phenoxy) is 1. The fourth-order valence-corrected chi connectivity index (χ4v) is 2.12. The van der Waals surface area contributed by atoms with Gasteiger partial charge in [0.2, 0.25) is 11.6 Å². The van der Waals surface area contributed by atoms with E-state index in [0.29, 0.717) is 3.57 Å². The van der Waals surface area contributed by atoms with Crippen molar-refractivity contribution in [2.75, 3.05) is 0 Å². The van der Waals surface area contributed by atoms with Crippen LogP contribution in [0, 0.1) is 19.5 Å². The van der Waals surface area contributed by atoms with Crippen LogP contribution in [0.4, 0.5) is 10.1 Å². The van der Waals surface area contributed by atoms with Gasteiger partial charge in [0.15, 0.2) is 0 Å². The van der Waals surface area contributed by atoms with Crippen LogP contribution >= 0.6 is 22.6 Å². The van der Waals surface area contributed by atoms with Crippen molar-refractivity contribution in [3.8, 4) is 11.5 Å². The molecule has 1 N–H and O–H groups in total. The zero-order chi connectivity index (χ0) is 15.6. The summed E-state index contributed by atoms with van der Waals surface area (Å²) in [6.07, 6.45) is 0. The van der Waals surface area contributed by atoms with Crippen LogP contribution in [0.5, 0.6) is 11.5 Å². The SMILES string of the molecule is O=C(O)c1cc(I)ccc1Oc1cccc(F)c1[N+](=O)[O-]. The molecule has 0 atom stereocenters. The van der Waals surface area contributed by atoms with E-state index in [4.69, 9.17) is 9.84 Å². The number of para-hydroxylation sites is 1. The largest absolute Gasteiger partial charge is 0.478 e. The number of hydrogen-bond donors (Lipinski definition) is 1. The third-order valence-electron chi connectivity index (χ3n) is 2.52. The quantitative estimate of drug-likeness (QED) is 0.476. The Balaban J connectivity index is 2.51. The smallest absolute Gasteiger partial charge is 0.346 e. The van der Waals surface area contributed by atoms with Gasteiger partial charge in [-0.2, -0.15) is 4.39 Å². The van der Waals surface area contributed by atoms with Crippen molar-refractivity contribution >= 4 is 34.2 Å². The summed E-state index contributed by atoms with van der Waals surface area (Å²) < 4.78 is 19.4. The number of hydrogen-bond acceptors (Lipinski definition) is 4. The van der Waals surface area contributed by atoms with Gasteiger partial charge in [-0.3, -0.25) is 10.1 Å². The van der Waals surface area contributed by atoms with Gasteiger partial charge in [0.05, 0.1) is 4.92 Å². The minimum Gasteiger partial charge on any atom is -0.478 e. The summed E-state index contributed by atoms with van der Waals surface area (Å²) in [4.78, 5) is 21.1. The fourth-order valence-electron chi connectivity index (χ4n) is 1.63. The number of rotatable bonds is 4. The van der Waals surface area contributed by atoms with E-state index in [-0.39, 0.29) is 17.1 Å². The number of benzene rings is 2. The van der Waals surface area contributed by atoms with E-state index in [0.717, 1.165) is 6.07 Å². The lowest BCUT2D eigenvalue weighted by molar-refractivity contribution is -0.388. The van der Waals surface area contributed by atoms with Crippen molar-refractivity contribution < 1.29 is 24.0 Å². The van der Waals surface area contributed by atoms with Gasteiger partial charge in [-0.15, -0.1) is 0 Å². The highest BCUT2D eigenvalue weighted by Crippen LogP contribution is 2.35. The summed E-state index contributed by atoms with van der Waals surface area (Å²) in [5, 5.41) is 20.0. The molecular formula is C13H7FINO5. The molecule has 0 aliphatic heterocycles. The highest BCUT2D eigenvalue weighted by Gasteiger charge is 2.23. The molecule has 0 saturated heterocycles. The molecular weight excluding hydrogens is 396 g/mol. The van der Waals surface area contributed by atoms with Gasteiger partial charge < -0.3 is 9.84 Å². The number of nitro benzene ring substituents is 1. The second kappa shape index (κ2) is 6.04. The molecule has 2 rings (SSSR count). The van der Waals surface area contributed by atoms with Gasteiger partial charge in [0, 0.05) is 3.57 Å². The molecule has 2 aromatic carbocycles. The van der Waals surface area contributed by atoms with E-state index < -0.39 is 22.4 Å². The van der Waals surface area contributed by atoms with E-state index in [1.807, 2.05) is 22.6 Å². The molecule has 0 bridgehead atoms. The Hall–Kier alpha value is -2.23. The Labute approximate surface area is 131 Å². The predicted octanol–water partition coefficient (Wildman–Crippen LogP) is 3.83. The van der Waals surface area contributed by atoms with Crippen LogP contribution in [-0.4, -0.2) is 16.0 Å². The maximum Gasteiger partial charge on any atom is 0.346 e. The number of nitro groups is 1. The number of carboxylic acids is 1. The summed E-state index contributed by atoms with van der Waals surface area (Å²) >= 11 is 1.92. The second-order valence-electron chi connectivity index (χ2n) is 3.89. The van der Waals surface area contributed by atoms with Crippen LogP contribution in [0.2, 0.25) is 0 Å². The van der Waals surface area contributed by atoms with Gasteiger partial charge in [0.25, 0.3) is 0 Å². The van der Waals surface area contributed by atoms with Crippen molar-refractivity contribution in [3.05, 3.63) is 61.5 Å². The molecule has 21 heavy (non-hydrogen) atoms. The van der Waals surface area contributed by atoms with E-state index in [1.165, 1.54) is 24.3 Å². The standard InChI is InChI=1S/C13H7FINO5/c14-9-2-1-3-11(12(9)16(19)20)21-10-5-4-7(15)6-8(10)13(17)18/h1-6H,(H,17,18). The monoisotopic (exact) mass is 403 g/mol. The van der Waals surface area contributed by atoms with E-state index in [2.05, 4.69) is 0 Å². The molecule has 8 heteroatoms. The third kappa shape index (κ3) is 3.27. The van der Waals surface area contributed by atoms with E-state index in [9.17, 15) is 19.3 Å². The molecule has 2 aromatic rings. The highest BCUT2D eigenvalue weighted by molar-refractivity contribution is 14.1. The van der Waals surface area contributed by atoms with Crippen molar-refractivity contribution in [1.82, 2.24) is 0 Å². The average molecular weight is 403 g/mol. The molecule has 0 aliphatic rings. The van der Waals surface area contributed by atoms with Crippen molar-refractivity contribution in [2.24, 2.45) is 0 Å². The summed E-state index contributed by atoms with van der Waals surface area (Å²) in [5.74, 6) is -2.76. The molecule has 0 aromatic heterocycles. The summed E-state index contributed by atoms with van der Waals surface area (Å²) in [6, 6.07) is 7.66. The normalized spacial score (nSPS) is 10.2. The first-order chi connectivity index (χ1) is 9.90. The van der Waals surface area contributed by atoms with Crippen LogP contribution in [0.1, 0.15) is 10.4 Å². The molecule has 0 radical (unpaired) electrons. The number of carbonyl (C=O) groups is 1. The number of nitrogens with zero attached hydrogens (tertiary/aromatic N) is 1. The Morgan fingerprint density at radius 3 is 2.62 bits per heavy atom. The predicted molar refractivity (Wildman–Crippen MR) is 79.2 cm³/mol. The van der Waals surface area contributed by atoms with Crippen LogP contribution in [-0.2, 0) is 0 Å². The fraction of sp³-hybridized carbons (Fsp3) is 0. The first-order valence-corrected chi connectivity index (χ1v) is 6.61. The lowest BCUT2D eigenvalue weighted by atomic mass is 10.2. The van der Waals surface area contributed by atoms with E-state index >= 15 is 0 Å². The molecule has 0 fully saturated rings. The van der Waals surface area contributed by atoms with Gasteiger partial charge in [-0.05, 0) is 52.9 Å². The summed E-state index contributed by atoms with van der Waals surface area (Å²) in [6.45, 7) is 0. The van der Waals surface area contributed by atoms with Gasteiger partial charge in [0.1, 0.15) is 11.3 Å². The zero-order valence-corrected chi connectivity index (χ0v) is 12.4. The Bertz CT molecular complexity index is 734. The van der Waals surface area contributed by atoms with Crippen molar-refractivity contribution in [1.29, 1.82) is 0 Å². The number of halogens is 2. The van der Waals surface area contributed by atoms with Crippen molar-refractivity contribution in [2.45, 2.75) is 0 Å². The topological polar surface area (TPSA) is 89.7 Å². The van der Waals surface area contributed by atoms with Gasteiger partial charge in [-0.1, -0.05) is 6.07 Å². The summed E-state index contributed by atoms with van der Waals surface area (Å²) in [7, 11) is 0. The van der Waals surface area contributed by atoms with Gasteiger partial charge in [-0.25, -0.2) is 4.79 Å². The molecule has 0 amide bonds. The van der Waals surface area contributed by atoms with Crippen LogP contribution < -0.4 is 4.74 Å². The Kier molecular flexibility index (Phi) is 4.36. The third-order valence-corrected chi connectivity index (χ3v) is 3.20. The molecule has 0 heterocycles. The van der Waals surface area contributed by atoms with Crippen LogP contribution in [0.3, 0.4) is 0 Å². The van der Waals surface area contributed by atoms with E-state index in [1.54, 1.807) is 6.07 Å². The lowest BCUT2D eigenvalue weighted by Crippen LogP contribution is -2.02. The van der Waals surface area contributed by atoms with Crippen LogP contribution in [0.25, 0.3) is 0 Å². The number of aromatic carboxylic acids is 1. The first-order valence-electron chi connectivity index (χ1n) is 5.53. The molecule has 0 spiro atoms. The minimum absolute atomic E-state index is 0.100. The number of carboxylic acid groups (broad SMARTS) is 1. The molecule has 0 unspecified atom stereocenters. The lowest BCUT2D eigenvalue weighted by Gasteiger charge is -2.09.